The Labute approximate surface area is 188 Å². The molecule has 5 nitrogen and oxygen atoms in total. The fourth-order valence-corrected chi connectivity index (χ4v) is 3.69. The fraction of sp³-hybridized carbons (Fsp3) is 0.348. The molecule has 1 fully saturated rings. The van der Waals surface area contributed by atoms with E-state index >= 15 is 0 Å². The van der Waals surface area contributed by atoms with E-state index in [-0.39, 0.29) is 12.7 Å². The average Bonchev–Trinajstić information content (AvgIpc) is 3.42. The van der Waals surface area contributed by atoms with E-state index in [1.807, 2.05) is 35.0 Å². The van der Waals surface area contributed by atoms with Gasteiger partial charge in [0.2, 0.25) is 0 Å². The monoisotopic (exact) mass is 466 g/mol. The number of aromatic nitrogens is 2. The summed E-state index contributed by atoms with van der Waals surface area (Å²) in [5, 5.41) is 0.677. The Balaban J connectivity index is 1.38. The highest BCUT2D eigenvalue weighted by Gasteiger charge is 2.42. The van der Waals surface area contributed by atoms with E-state index in [0.29, 0.717) is 30.3 Å². The molecule has 2 unspecified atom stereocenters. The summed E-state index contributed by atoms with van der Waals surface area (Å²) in [6, 6.07) is 12.2. The minimum absolute atomic E-state index is 0.165. The van der Waals surface area contributed by atoms with Crippen LogP contribution in [0, 0.1) is 0 Å². The van der Waals surface area contributed by atoms with Crippen molar-refractivity contribution in [2.75, 3.05) is 13.2 Å². The van der Waals surface area contributed by atoms with Crippen LogP contribution < -0.4 is 4.74 Å². The Morgan fingerprint density at radius 3 is 2.53 bits per heavy atom. The normalized spacial score (nSPS) is 21.1. The van der Waals surface area contributed by atoms with Crippen LogP contribution in [0.1, 0.15) is 17.5 Å². The average molecular weight is 467 g/mol. The zero-order valence-electron chi connectivity index (χ0n) is 17.1. The molecule has 2 atom stereocenters. The van der Waals surface area contributed by atoms with Crippen LogP contribution >= 0.6 is 11.6 Å². The van der Waals surface area contributed by atoms with E-state index in [0.717, 1.165) is 24.1 Å². The number of benzene rings is 2. The molecule has 2 aromatic carbocycles. The van der Waals surface area contributed by atoms with Crippen molar-refractivity contribution in [2.45, 2.75) is 37.5 Å². The predicted molar refractivity (Wildman–Crippen MR) is 112 cm³/mol. The minimum Gasteiger partial charge on any atom is -0.491 e. The summed E-state index contributed by atoms with van der Waals surface area (Å²) in [5.74, 6) is -0.524. The second kappa shape index (κ2) is 9.52. The first-order chi connectivity index (χ1) is 15.3. The van der Waals surface area contributed by atoms with Crippen molar-refractivity contribution in [3.05, 3.63) is 83.4 Å². The van der Waals surface area contributed by atoms with Crippen LogP contribution in [0.4, 0.5) is 13.2 Å². The van der Waals surface area contributed by atoms with E-state index in [1.165, 1.54) is 12.1 Å². The van der Waals surface area contributed by atoms with Gasteiger partial charge in [-0.15, -0.1) is 0 Å². The Kier molecular flexibility index (Phi) is 6.74. The number of hydrogen-bond donors (Lipinski definition) is 0. The van der Waals surface area contributed by atoms with Gasteiger partial charge >= 0.3 is 6.18 Å². The standard InChI is InChI=1S/C23H22ClF3N2O3/c24-19-5-1-17(2-6-19)9-10-22(15-29-12-11-28-16-29)31-14-21(32-22)13-30-20-7-3-18(4-8-20)23(25,26)27/h1-8,11-12,16,21H,9-10,13-15H2. The topological polar surface area (TPSA) is 45.5 Å². The molecule has 2 heterocycles. The number of imidazole rings is 1. The van der Waals surface area contributed by atoms with Gasteiger partial charge in [-0.1, -0.05) is 23.7 Å². The van der Waals surface area contributed by atoms with Gasteiger partial charge in [-0.05, 0) is 48.4 Å². The fourth-order valence-electron chi connectivity index (χ4n) is 3.57. The van der Waals surface area contributed by atoms with Crippen molar-refractivity contribution in [3.8, 4) is 5.75 Å². The summed E-state index contributed by atoms with van der Waals surface area (Å²) < 4.78 is 58.1. The van der Waals surface area contributed by atoms with Gasteiger partial charge in [0.25, 0.3) is 0 Å². The van der Waals surface area contributed by atoms with Gasteiger partial charge < -0.3 is 18.8 Å². The van der Waals surface area contributed by atoms with E-state index in [4.69, 9.17) is 25.8 Å². The molecule has 4 rings (SSSR count). The van der Waals surface area contributed by atoms with Gasteiger partial charge in [-0.3, -0.25) is 0 Å². The first-order valence-corrected chi connectivity index (χ1v) is 10.5. The van der Waals surface area contributed by atoms with Crippen LogP contribution in [-0.2, 0) is 28.6 Å². The molecule has 32 heavy (non-hydrogen) atoms. The quantitative estimate of drug-likeness (QED) is 0.447. The van der Waals surface area contributed by atoms with Gasteiger partial charge in [0, 0.05) is 23.8 Å². The van der Waals surface area contributed by atoms with Gasteiger partial charge in [0.05, 0.1) is 25.0 Å². The number of alkyl halides is 3. The zero-order valence-corrected chi connectivity index (χ0v) is 17.9. The summed E-state index contributed by atoms with van der Waals surface area (Å²) in [6.07, 6.45) is 1.81. The van der Waals surface area contributed by atoms with E-state index in [9.17, 15) is 13.2 Å². The first-order valence-electron chi connectivity index (χ1n) is 10.1. The van der Waals surface area contributed by atoms with E-state index in [1.54, 1.807) is 12.5 Å². The Morgan fingerprint density at radius 1 is 1.12 bits per heavy atom. The predicted octanol–water partition coefficient (Wildman–Crippen LogP) is 5.38. The lowest BCUT2D eigenvalue weighted by Gasteiger charge is -2.28. The molecular weight excluding hydrogens is 445 g/mol. The molecule has 1 aliphatic heterocycles. The molecule has 9 heteroatoms. The highest BCUT2D eigenvalue weighted by atomic mass is 35.5. The number of halogens is 4. The van der Waals surface area contributed by atoms with Crippen molar-refractivity contribution in [3.63, 3.8) is 0 Å². The minimum atomic E-state index is -4.38. The van der Waals surface area contributed by atoms with Crippen molar-refractivity contribution in [1.82, 2.24) is 9.55 Å². The molecule has 0 saturated carbocycles. The maximum Gasteiger partial charge on any atom is 0.416 e. The molecule has 1 saturated heterocycles. The lowest BCUT2D eigenvalue weighted by Crippen LogP contribution is -2.37. The Bertz CT molecular complexity index is 995. The summed E-state index contributed by atoms with van der Waals surface area (Å²) in [5.41, 5.74) is 0.392. The second-order valence-electron chi connectivity index (χ2n) is 7.66. The third-order valence-electron chi connectivity index (χ3n) is 5.22. The van der Waals surface area contributed by atoms with Crippen molar-refractivity contribution < 1.29 is 27.4 Å². The molecule has 3 aromatic rings. The molecule has 0 N–H and O–H groups in total. The molecule has 0 aliphatic carbocycles. The molecule has 1 aliphatic rings. The third kappa shape index (κ3) is 5.82. The van der Waals surface area contributed by atoms with E-state index in [2.05, 4.69) is 4.98 Å². The van der Waals surface area contributed by atoms with Crippen molar-refractivity contribution in [1.29, 1.82) is 0 Å². The Morgan fingerprint density at radius 2 is 1.88 bits per heavy atom. The van der Waals surface area contributed by atoms with Crippen LogP contribution in [0.2, 0.25) is 5.02 Å². The number of aryl methyl sites for hydroxylation is 1. The van der Waals surface area contributed by atoms with Crippen LogP contribution in [0.15, 0.2) is 67.3 Å². The smallest absolute Gasteiger partial charge is 0.416 e. The lowest BCUT2D eigenvalue weighted by atomic mass is 10.0. The summed E-state index contributed by atoms with van der Waals surface area (Å²) in [7, 11) is 0. The number of ether oxygens (including phenoxy) is 3. The second-order valence-corrected chi connectivity index (χ2v) is 8.09. The molecule has 0 spiro atoms. The molecule has 170 valence electrons. The van der Waals surface area contributed by atoms with Crippen LogP contribution in [0.5, 0.6) is 5.75 Å². The maximum atomic E-state index is 12.7. The molecular formula is C23H22ClF3N2O3. The molecule has 0 radical (unpaired) electrons. The van der Waals surface area contributed by atoms with Crippen LogP contribution in [-0.4, -0.2) is 34.7 Å². The van der Waals surface area contributed by atoms with Gasteiger partial charge in [0.1, 0.15) is 18.5 Å². The van der Waals surface area contributed by atoms with Gasteiger partial charge in [-0.25, -0.2) is 4.98 Å². The van der Waals surface area contributed by atoms with Gasteiger partial charge in [0.15, 0.2) is 5.79 Å². The number of hydrogen-bond acceptors (Lipinski definition) is 4. The van der Waals surface area contributed by atoms with Crippen molar-refractivity contribution in [2.24, 2.45) is 0 Å². The SMILES string of the molecule is FC(F)(F)c1ccc(OCC2COC(CCc3ccc(Cl)cc3)(Cn3ccnc3)O2)cc1. The summed E-state index contributed by atoms with van der Waals surface area (Å²) >= 11 is 5.97. The van der Waals surface area contributed by atoms with Crippen LogP contribution in [0.3, 0.4) is 0 Å². The summed E-state index contributed by atoms with van der Waals surface area (Å²) in [4.78, 5) is 4.08. The lowest BCUT2D eigenvalue weighted by molar-refractivity contribution is -0.184. The zero-order chi connectivity index (χ0) is 22.6. The maximum absolute atomic E-state index is 12.7. The summed E-state index contributed by atoms with van der Waals surface area (Å²) in [6.45, 7) is 0.936. The molecule has 0 amide bonds. The highest BCUT2D eigenvalue weighted by molar-refractivity contribution is 6.30. The number of rotatable bonds is 8. The molecule has 0 bridgehead atoms. The largest absolute Gasteiger partial charge is 0.491 e. The Hall–Kier alpha value is -2.55. The van der Waals surface area contributed by atoms with Crippen LogP contribution in [0.25, 0.3) is 0 Å². The molecule has 1 aromatic heterocycles. The first kappa shape index (κ1) is 22.6. The highest BCUT2D eigenvalue weighted by Crippen LogP contribution is 2.32. The van der Waals surface area contributed by atoms with Crippen molar-refractivity contribution >= 4 is 11.6 Å². The number of nitrogens with zero attached hydrogens (tertiary/aromatic N) is 2. The third-order valence-corrected chi connectivity index (χ3v) is 5.47. The van der Waals surface area contributed by atoms with Gasteiger partial charge in [-0.2, -0.15) is 13.2 Å². The van der Waals surface area contributed by atoms with E-state index < -0.39 is 17.5 Å².